The van der Waals surface area contributed by atoms with Crippen LogP contribution in [0.15, 0.2) is 30.7 Å². The lowest BCUT2D eigenvalue weighted by Gasteiger charge is -2.13. The van der Waals surface area contributed by atoms with E-state index in [1.54, 1.807) is 36.1 Å². The molecule has 0 aliphatic rings. The zero-order valence-electron chi connectivity index (χ0n) is 9.47. The molecule has 4 nitrogen and oxygen atoms in total. The highest BCUT2D eigenvalue weighted by atomic mass is 19.1. The number of aryl methyl sites for hydroxylation is 1. The maximum Gasteiger partial charge on any atom is 0.126 e. The van der Waals surface area contributed by atoms with Gasteiger partial charge in [0.25, 0.3) is 0 Å². The van der Waals surface area contributed by atoms with Crippen molar-refractivity contribution in [1.29, 1.82) is 0 Å². The first-order chi connectivity index (χ1) is 8.13. The fourth-order valence-corrected chi connectivity index (χ4v) is 1.67. The summed E-state index contributed by atoms with van der Waals surface area (Å²) in [5.41, 5.74) is 7.79. The Hall–Kier alpha value is -1.72. The average Bonchev–Trinajstić information content (AvgIpc) is 2.80. The van der Waals surface area contributed by atoms with Crippen LogP contribution in [0.25, 0.3) is 5.69 Å². The Kier molecular flexibility index (Phi) is 3.21. The third-order valence-electron chi connectivity index (χ3n) is 2.66. The Morgan fingerprint density at radius 3 is 2.94 bits per heavy atom. The van der Waals surface area contributed by atoms with Crippen molar-refractivity contribution in [2.45, 2.75) is 13.0 Å². The number of nitrogens with two attached hydrogens (primary N) is 1. The number of aliphatic hydroxyl groups excluding tert-OH is 1. The Balaban J connectivity index is 2.46. The lowest BCUT2D eigenvalue weighted by molar-refractivity contribution is 0.265. The quantitative estimate of drug-likeness (QED) is 0.843. The molecule has 17 heavy (non-hydrogen) atoms. The van der Waals surface area contributed by atoms with Gasteiger partial charge in [-0.15, -0.1) is 0 Å². The summed E-state index contributed by atoms with van der Waals surface area (Å²) < 4.78 is 14.9. The molecule has 0 aliphatic heterocycles. The summed E-state index contributed by atoms with van der Waals surface area (Å²) in [6, 6.07) is 4.27. The number of aromatic nitrogens is 2. The van der Waals surface area contributed by atoms with Crippen molar-refractivity contribution in [3.8, 4) is 5.69 Å². The number of benzene rings is 1. The standard InChI is InChI=1S/C12H14FN3O/c1-8-4-9(2-3-10(8)13)16-7-15-5-12(16)11(14)6-17/h2-5,7,11,17H,6,14H2,1H3. The maximum atomic E-state index is 13.2. The summed E-state index contributed by atoms with van der Waals surface area (Å²) >= 11 is 0. The van der Waals surface area contributed by atoms with Gasteiger partial charge in [0.2, 0.25) is 0 Å². The summed E-state index contributed by atoms with van der Waals surface area (Å²) in [5.74, 6) is -0.248. The fraction of sp³-hybridized carbons (Fsp3) is 0.250. The van der Waals surface area contributed by atoms with E-state index < -0.39 is 6.04 Å². The molecule has 2 rings (SSSR count). The van der Waals surface area contributed by atoms with Gasteiger partial charge in [0, 0.05) is 5.69 Å². The molecule has 2 aromatic rings. The summed E-state index contributed by atoms with van der Waals surface area (Å²) in [7, 11) is 0. The van der Waals surface area contributed by atoms with Crippen LogP contribution in [-0.4, -0.2) is 21.3 Å². The van der Waals surface area contributed by atoms with Gasteiger partial charge in [-0.25, -0.2) is 9.37 Å². The van der Waals surface area contributed by atoms with Gasteiger partial charge in [-0.05, 0) is 30.7 Å². The van der Waals surface area contributed by atoms with E-state index in [4.69, 9.17) is 10.8 Å². The van der Waals surface area contributed by atoms with E-state index in [1.165, 1.54) is 6.07 Å². The average molecular weight is 235 g/mol. The topological polar surface area (TPSA) is 64.1 Å². The van der Waals surface area contributed by atoms with Crippen LogP contribution in [0.2, 0.25) is 0 Å². The van der Waals surface area contributed by atoms with Gasteiger partial charge in [-0.3, -0.25) is 0 Å². The predicted molar refractivity (Wildman–Crippen MR) is 62.3 cm³/mol. The van der Waals surface area contributed by atoms with E-state index >= 15 is 0 Å². The zero-order chi connectivity index (χ0) is 12.4. The van der Waals surface area contributed by atoms with Crippen molar-refractivity contribution in [2.75, 3.05) is 6.61 Å². The van der Waals surface area contributed by atoms with E-state index in [0.717, 1.165) is 5.69 Å². The number of imidazole rings is 1. The normalized spacial score (nSPS) is 12.7. The van der Waals surface area contributed by atoms with Crippen LogP contribution in [-0.2, 0) is 0 Å². The number of hydrogen-bond donors (Lipinski definition) is 2. The number of nitrogens with zero attached hydrogens (tertiary/aromatic N) is 2. The van der Waals surface area contributed by atoms with Crippen molar-refractivity contribution >= 4 is 0 Å². The number of halogens is 1. The van der Waals surface area contributed by atoms with Gasteiger partial charge in [0.15, 0.2) is 0 Å². The molecule has 1 unspecified atom stereocenters. The van der Waals surface area contributed by atoms with Crippen molar-refractivity contribution in [3.63, 3.8) is 0 Å². The maximum absolute atomic E-state index is 13.2. The van der Waals surface area contributed by atoms with E-state index in [-0.39, 0.29) is 12.4 Å². The van der Waals surface area contributed by atoms with Crippen molar-refractivity contribution in [1.82, 2.24) is 9.55 Å². The van der Waals surface area contributed by atoms with Crippen molar-refractivity contribution < 1.29 is 9.50 Å². The van der Waals surface area contributed by atoms with Gasteiger partial charge in [-0.1, -0.05) is 0 Å². The van der Waals surface area contributed by atoms with E-state index in [1.807, 2.05) is 0 Å². The smallest absolute Gasteiger partial charge is 0.126 e. The Morgan fingerprint density at radius 2 is 2.29 bits per heavy atom. The molecule has 0 saturated heterocycles. The minimum atomic E-state index is -0.497. The Labute approximate surface area is 98.5 Å². The summed E-state index contributed by atoms with van der Waals surface area (Å²) in [4.78, 5) is 4.00. The third-order valence-corrected chi connectivity index (χ3v) is 2.66. The van der Waals surface area contributed by atoms with Crippen LogP contribution in [0.4, 0.5) is 4.39 Å². The molecule has 1 aromatic heterocycles. The molecule has 1 atom stereocenters. The molecular weight excluding hydrogens is 221 g/mol. The van der Waals surface area contributed by atoms with Crippen LogP contribution in [0.5, 0.6) is 0 Å². The van der Waals surface area contributed by atoms with Crippen LogP contribution >= 0.6 is 0 Å². The molecule has 0 radical (unpaired) electrons. The van der Waals surface area contributed by atoms with Crippen LogP contribution in [0.1, 0.15) is 17.3 Å². The summed E-state index contributed by atoms with van der Waals surface area (Å²) in [6.07, 6.45) is 3.19. The second-order valence-electron chi connectivity index (χ2n) is 3.91. The first-order valence-corrected chi connectivity index (χ1v) is 5.28. The minimum Gasteiger partial charge on any atom is -0.394 e. The van der Waals surface area contributed by atoms with Crippen LogP contribution < -0.4 is 5.73 Å². The monoisotopic (exact) mass is 235 g/mol. The fourth-order valence-electron chi connectivity index (χ4n) is 1.67. The highest BCUT2D eigenvalue weighted by Crippen LogP contribution is 2.18. The van der Waals surface area contributed by atoms with Gasteiger partial charge < -0.3 is 15.4 Å². The van der Waals surface area contributed by atoms with Crippen molar-refractivity contribution in [2.24, 2.45) is 5.73 Å². The highest BCUT2D eigenvalue weighted by Gasteiger charge is 2.12. The summed E-state index contributed by atoms with van der Waals surface area (Å²) in [5, 5.41) is 9.05. The molecule has 90 valence electrons. The van der Waals surface area contributed by atoms with Gasteiger partial charge in [0.05, 0.1) is 30.9 Å². The largest absolute Gasteiger partial charge is 0.394 e. The molecule has 0 aliphatic carbocycles. The lowest BCUT2D eigenvalue weighted by Crippen LogP contribution is -2.18. The number of rotatable bonds is 3. The molecule has 0 saturated carbocycles. The first kappa shape index (κ1) is 11.8. The predicted octanol–water partition coefficient (Wildman–Crippen LogP) is 1.31. The molecule has 1 aromatic carbocycles. The number of aliphatic hydroxyl groups is 1. The molecule has 5 heteroatoms. The van der Waals surface area contributed by atoms with Crippen LogP contribution in [0, 0.1) is 12.7 Å². The van der Waals surface area contributed by atoms with Gasteiger partial charge >= 0.3 is 0 Å². The lowest BCUT2D eigenvalue weighted by atomic mass is 10.2. The Morgan fingerprint density at radius 1 is 1.53 bits per heavy atom. The second-order valence-corrected chi connectivity index (χ2v) is 3.91. The summed E-state index contributed by atoms with van der Waals surface area (Å²) in [6.45, 7) is 1.53. The SMILES string of the molecule is Cc1cc(-n2cncc2C(N)CO)ccc1F. The van der Waals surface area contributed by atoms with Crippen LogP contribution in [0.3, 0.4) is 0 Å². The van der Waals surface area contributed by atoms with E-state index in [2.05, 4.69) is 4.98 Å². The van der Waals surface area contributed by atoms with E-state index in [0.29, 0.717) is 11.3 Å². The third kappa shape index (κ3) is 2.20. The molecule has 0 spiro atoms. The first-order valence-electron chi connectivity index (χ1n) is 5.28. The minimum absolute atomic E-state index is 0.161. The zero-order valence-corrected chi connectivity index (χ0v) is 9.47. The molecule has 3 N–H and O–H groups in total. The molecule has 0 amide bonds. The van der Waals surface area contributed by atoms with Gasteiger partial charge in [0.1, 0.15) is 5.82 Å². The molecule has 0 bridgehead atoms. The molecular formula is C12H14FN3O. The molecule has 0 fully saturated rings. The second kappa shape index (κ2) is 4.65. The molecule has 1 heterocycles. The van der Waals surface area contributed by atoms with Crippen molar-refractivity contribution in [3.05, 3.63) is 47.8 Å². The Bertz CT molecular complexity index is 524. The number of hydrogen-bond acceptors (Lipinski definition) is 3. The van der Waals surface area contributed by atoms with Gasteiger partial charge in [-0.2, -0.15) is 0 Å². The highest BCUT2D eigenvalue weighted by molar-refractivity contribution is 5.38. The van der Waals surface area contributed by atoms with E-state index in [9.17, 15) is 4.39 Å².